The molecule has 2 aromatic carbocycles. The molecule has 3 rings (SSSR count). The Morgan fingerprint density at radius 3 is 2.57 bits per heavy atom. The summed E-state index contributed by atoms with van der Waals surface area (Å²) in [6.45, 7) is 4.17. The summed E-state index contributed by atoms with van der Waals surface area (Å²) in [7, 11) is 0. The fourth-order valence-corrected chi connectivity index (χ4v) is 3.31. The van der Waals surface area contributed by atoms with Crippen LogP contribution >= 0.6 is 39.1 Å². The minimum atomic E-state index is -0.412. The standard InChI is InChI=1S/C17H13BrCl2N2O/c1-9(2)10-5-3-4-6-14(10)22-15-8-12(18)13(19)7-11(15)16(20)21-17(22)23/h3-9H,1-2H3. The maximum absolute atomic E-state index is 12.5. The highest BCUT2D eigenvalue weighted by Crippen LogP contribution is 2.32. The molecule has 0 radical (unpaired) electrons. The van der Waals surface area contributed by atoms with E-state index >= 15 is 0 Å². The number of para-hydroxylation sites is 1. The molecule has 0 N–H and O–H groups in total. The van der Waals surface area contributed by atoms with Gasteiger partial charge in [0, 0.05) is 9.86 Å². The Bertz CT molecular complexity index is 967. The molecule has 0 aliphatic carbocycles. The van der Waals surface area contributed by atoms with Crippen molar-refractivity contribution in [2.24, 2.45) is 0 Å². The van der Waals surface area contributed by atoms with Crippen molar-refractivity contribution in [3.63, 3.8) is 0 Å². The third kappa shape index (κ3) is 2.91. The van der Waals surface area contributed by atoms with Gasteiger partial charge < -0.3 is 0 Å². The van der Waals surface area contributed by atoms with E-state index in [1.54, 1.807) is 16.7 Å². The lowest BCUT2D eigenvalue weighted by molar-refractivity contribution is 0.837. The van der Waals surface area contributed by atoms with Gasteiger partial charge in [-0.25, -0.2) is 4.79 Å². The first-order valence-electron chi connectivity index (χ1n) is 7.06. The van der Waals surface area contributed by atoms with Crippen LogP contribution in [0.15, 0.2) is 45.7 Å². The molecule has 0 saturated heterocycles. The van der Waals surface area contributed by atoms with Crippen LogP contribution in [0.2, 0.25) is 10.2 Å². The van der Waals surface area contributed by atoms with Crippen LogP contribution in [-0.4, -0.2) is 9.55 Å². The molecule has 6 heteroatoms. The van der Waals surface area contributed by atoms with Gasteiger partial charge in [0.05, 0.1) is 16.2 Å². The van der Waals surface area contributed by atoms with Crippen molar-refractivity contribution in [2.75, 3.05) is 0 Å². The second-order valence-corrected chi connectivity index (χ2v) is 7.14. The summed E-state index contributed by atoms with van der Waals surface area (Å²) in [5, 5.41) is 1.30. The number of aromatic nitrogens is 2. The highest BCUT2D eigenvalue weighted by Gasteiger charge is 2.16. The first kappa shape index (κ1) is 16.5. The molecular weight excluding hydrogens is 399 g/mol. The van der Waals surface area contributed by atoms with Gasteiger partial charge in [-0.2, -0.15) is 4.98 Å². The van der Waals surface area contributed by atoms with Crippen molar-refractivity contribution in [2.45, 2.75) is 19.8 Å². The number of halogens is 3. The molecule has 0 aliphatic rings. The Labute approximate surface area is 152 Å². The number of hydrogen-bond acceptors (Lipinski definition) is 2. The predicted molar refractivity (Wildman–Crippen MR) is 99.1 cm³/mol. The highest BCUT2D eigenvalue weighted by molar-refractivity contribution is 9.10. The number of hydrogen-bond donors (Lipinski definition) is 0. The molecule has 0 saturated carbocycles. The Morgan fingerprint density at radius 1 is 1.17 bits per heavy atom. The van der Waals surface area contributed by atoms with E-state index in [-0.39, 0.29) is 11.1 Å². The predicted octanol–water partition coefficient (Wildman–Crippen LogP) is 5.58. The molecule has 0 bridgehead atoms. The fraction of sp³-hybridized carbons (Fsp3) is 0.176. The van der Waals surface area contributed by atoms with Crippen LogP contribution in [0.4, 0.5) is 0 Å². The van der Waals surface area contributed by atoms with Crippen molar-refractivity contribution in [1.82, 2.24) is 9.55 Å². The average molecular weight is 412 g/mol. The first-order chi connectivity index (χ1) is 10.9. The van der Waals surface area contributed by atoms with E-state index < -0.39 is 5.69 Å². The highest BCUT2D eigenvalue weighted by atomic mass is 79.9. The van der Waals surface area contributed by atoms with Crippen molar-refractivity contribution >= 4 is 50.0 Å². The Morgan fingerprint density at radius 2 is 1.87 bits per heavy atom. The van der Waals surface area contributed by atoms with Crippen LogP contribution < -0.4 is 5.69 Å². The Kier molecular flexibility index (Phi) is 4.50. The van der Waals surface area contributed by atoms with E-state index in [1.165, 1.54) is 0 Å². The van der Waals surface area contributed by atoms with Crippen LogP contribution in [0, 0.1) is 0 Å². The summed E-state index contributed by atoms with van der Waals surface area (Å²) in [6, 6.07) is 11.3. The zero-order valence-electron chi connectivity index (χ0n) is 12.5. The van der Waals surface area contributed by atoms with Gasteiger partial charge >= 0.3 is 5.69 Å². The topological polar surface area (TPSA) is 34.9 Å². The number of benzene rings is 2. The van der Waals surface area contributed by atoms with Crippen molar-refractivity contribution < 1.29 is 0 Å². The smallest absolute Gasteiger partial charge is 0.260 e. The molecule has 1 aromatic heterocycles. The molecule has 0 atom stereocenters. The first-order valence-corrected chi connectivity index (χ1v) is 8.61. The molecule has 0 aliphatic heterocycles. The monoisotopic (exact) mass is 410 g/mol. The minimum absolute atomic E-state index is 0.151. The molecule has 3 nitrogen and oxygen atoms in total. The summed E-state index contributed by atoms with van der Waals surface area (Å²) in [6.07, 6.45) is 0. The van der Waals surface area contributed by atoms with Crippen LogP contribution in [0.25, 0.3) is 16.6 Å². The summed E-state index contributed by atoms with van der Waals surface area (Å²) >= 11 is 15.7. The van der Waals surface area contributed by atoms with E-state index in [0.29, 0.717) is 20.4 Å². The van der Waals surface area contributed by atoms with E-state index in [4.69, 9.17) is 23.2 Å². The quantitative estimate of drug-likeness (QED) is 0.516. The summed E-state index contributed by atoms with van der Waals surface area (Å²) in [5.74, 6) is 0.263. The van der Waals surface area contributed by atoms with Gasteiger partial charge in [0.15, 0.2) is 0 Å². The Balaban J connectivity index is 2.48. The number of rotatable bonds is 2. The lowest BCUT2D eigenvalue weighted by Gasteiger charge is -2.17. The maximum Gasteiger partial charge on any atom is 0.354 e. The normalized spacial score (nSPS) is 11.4. The molecule has 0 spiro atoms. The van der Waals surface area contributed by atoms with Crippen molar-refractivity contribution in [3.05, 3.63) is 67.1 Å². The van der Waals surface area contributed by atoms with Gasteiger partial charge in [-0.05, 0) is 45.6 Å². The molecule has 0 fully saturated rings. The molecule has 23 heavy (non-hydrogen) atoms. The van der Waals surface area contributed by atoms with Gasteiger partial charge in [-0.3, -0.25) is 4.57 Å². The molecular formula is C17H13BrCl2N2O. The summed E-state index contributed by atoms with van der Waals surface area (Å²) in [5.41, 5.74) is 2.12. The van der Waals surface area contributed by atoms with Crippen molar-refractivity contribution in [1.29, 1.82) is 0 Å². The molecule has 118 valence electrons. The SMILES string of the molecule is CC(C)c1ccccc1-n1c(=O)nc(Cl)c2cc(Cl)c(Br)cc21. The van der Waals surface area contributed by atoms with Gasteiger partial charge in [0.2, 0.25) is 0 Å². The van der Waals surface area contributed by atoms with E-state index in [0.717, 1.165) is 11.3 Å². The zero-order valence-corrected chi connectivity index (χ0v) is 15.6. The number of nitrogens with zero attached hydrogens (tertiary/aromatic N) is 2. The average Bonchev–Trinajstić information content (AvgIpc) is 2.50. The van der Waals surface area contributed by atoms with Gasteiger partial charge in [-0.1, -0.05) is 55.2 Å². The third-order valence-corrected chi connectivity index (χ3v) is 5.17. The van der Waals surface area contributed by atoms with Gasteiger partial charge in [0.1, 0.15) is 5.15 Å². The molecule has 3 aromatic rings. The van der Waals surface area contributed by atoms with Gasteiger partial charge in [-0.15, -0.1) is 0 Å². The van der Waals surface area contributed by atoms with E-state index in [1.807, 2.05) is 24.3 Å². The van der Waals surface area contributed by atoms with Crippen LogP contribution in [0.3, 0.4) is 0 Å². The minimum Gasteiger partial charge on any atom is -0.260 e. The van der Waals surface area contributed by atoms with Crippen LogP contribution in [-0.2, 0) is 0 Å². The maximum atomic E-state index is 12.5. The number of fused-ring (bicyclic) bond motifs is 1. The second kappa shape index (κ2) is 6.27. The third-order valence-electron chi connectivity index (χ3n) is 3.69. The van der Waals surface area contributed by atoms with Gasteiger partial charge in [0.25, 0.3) is 0 Å². The lowest BCUT2D eigenvalue weighted by Crippen LogP contribution is -2.23. The summed E-state index contributed by atoms with van der Waals surface area (Å²) in [4.78, 5) is 16.5. The van der Waals surface area contributed by atoms with E-state index in [9.17, 15) is 4.79 Å². The molecule has 0 unspecified atom stereocenters. The van der Waals surface area contributed by atoms with Crippen LogP contribution in [0.1, 0.15) is 25.3 Å². The van der Waals surface area contributed by atoms with E-state index in [2.05, 4.69) is 34.8 Å². The largest absolute Gasteiger partial charge is 0.354 e. The lowest BCUT2D eigenvalue weighted by atomic mass is 10.0. The van der Waals surface area contributed by atoms with Crippen molar-refractivity contribution in [3.8, 4) is 5.69 Å². The Hall–Kier alpha value is -1.36. The second-order valence-electron chi connectivity index (χ2n) is 5.52. The van der Waals surface area contributed by atoms with Crippen LogP contribution in [0.5, 0.6) is 0 Å². The zero-order chi connectivity index (χ0) is 16.7. The fourth-order valence-electron chi connectivity index (χ4n) is 2.60. The molecule has 1 heterocycles. The molecule has 0 amide bonds. The summed E-state index contributed by atoms with van der Waals surface area (Å²) < 4.78 is 2.28.